The van der Waals surface area contributed by atoms with Gasteiger partial charge in [-0.1, -0.05) is 6.07 Å². The van der Waals surface area contributed by atoms with Crippen molar-refractivity contribution < 1.29 is 0 Å². The van der Waals surface area contributed by atoms with E-state index in [1.54, 1.807) is 11.8 Å². The number of amidine groups is 1. The minimum atomic E-state index is 0.160. The maximum Gasteiger partial charge on any atom is 0.126 e. The molecule has 0 aromatic heterocycles. The predicted molar refractivity (Wildman–Crippen MR) is 70.7 cm³/mol. The average Bonchev–Trinajstić information content (AvgIpc) is 3.10. The number of nitrogens with zero attached hydrogens (tertiary/aromatic N) is 1. The molecule has 0 atom stereocenters. The van der Waals surface area contributed by atoms with Crippen LogP contribution in [0.25, 0.3) is 0 Å². The van der Waals surface area contributed by atoms with Crippen LogP contribution in [0.4, 0.5) is 5.69 Å². The van der Waals surface area contributed by atoms with Crippen LogP contribution in [0.15, 0.2) is 23.1 Å². The van der Waals surface area contributed by atoms with Crippen molar-refractivity contribution >= 4 is 23.3 Å². The molecule has 16 heavy (non-hydrogen) atoms. The third kappa shape index (κ3) is 2.02. The highest BCUT2D eigenvalue weighted by Crippen LogP contribution is 2.35. The minimum Gasteiger partial charge on any atom is -0.384 e. The fourth-order valence-electron chi connectivity index (χ4n) is 1.91. The zero-order chi connectivity index (χ0) is 11.7. The minimum absolute atomic E-state index is 0.160. The highest BCUT2D eigenvalue weighted by Gasteiger charge is 2.28. The smallest absolute Gasteiger partial charge is 0.126 e. The molecule has 0 bridgehead atoms. The number of hydrogen-bond donors (Lipinski definition) is 2. The van der Waals surface area contributed by atoms with Gasteiger partial charge >= 0.3 is 0 Å². The van der Waals surface area contributed by atoms with Crippen molar-refractivity contribution in [3.63, 3.8) is 0 Å². The molecule has 1 aromatic carbocycles. The molecule has 1 aromatic rings. The Morgan fingerprint density at radius 3 is 2.69 bits per heavy atom. The highest BCUT2D eigenvalue weighted by atomic mass is 32.2. The van der Waals surface area contributed by atoms with Gasteiger partial charge in [-0.25, -0.2) is 0 Å². The van der Waals surface area contributed by atoms with Crippen molar-refractivity contribution in [2.45, 2.75) is 23.8 Å². The van der Waals surface area contributed by atoms with E-state index in [1.165, 1.54) is 12.8 Å². The van der Waals surface area contributed by atoms with Crippen LogP contribution in [-0.2, 0) is 0 Å². The van der Waals surface area contributed by atoms with Crippen LogP contribution < -0.4 is 10.6 Å². The summed E-state index contributed by atoms with van der Waals surface area (Å²) < 4.78 is 0. The summed E-state index contributed by atoms with van der Waals surface area (Å²) in [7, 11) is 2.09. The number of nitrogens with one attached hydrogen (secondary N) is 1. The summed E-state index contributed by atoms with van der Waals surface area (Å²) in [6, 6.07) is 6.74. The van der Waals surface area contributed by atoms with Crippen molar-refractivity contribution in [3.05, 3.63) is 23.8 Å². The number of nitrogen functional groups attached to an aromatic ring is 1. The molecule has 0 aliphatic heterocycles. The Labute approximate surface area is 101 Å². The maximum atomic E-state index is 7.71. The topological polar surface area (TPSA) is 53.1 Å². The Balaban J connectivity index is 2.45. The number of benzene rings is 1. The molecule has 1 aliphatic rings. The lowest BCUT2D eigenvalue weighted by molar-refractivity contribution is 0.912. The van der Waals surface area contributed by atoms with Gasteiger partial charge in [0.05, 0.1) is 5.56 Å². The standard InChI is InChI=1S/C12H17N3S/c1-15(8-6-7-8)9-4-3-5-10(16-2)11(9)12(13)14/h3-5,8H,6-7H2,1-2H3,(H3,13,14). The van der Waals surface area contributed by atoms with Crippen LogP contribution in [-0.4, -0.2) is 25.2 Å². The van der Waals surface area contributed by atoms with Crippen LogP contribution in [0.1, 0.15) is 18.4 Å². The average molecular weight is 235 g/mol. The monoisotopic (exact) mass is 235 g/mol. The van der Waals surface area contributed by atoms with E-state index < -0.39 is 0 Å². The second kappa shape index (κ2) is 4.37. The van der Waals surface area contributed by atoms with Gasteiger partial charge in [-0.3, -0.25) is 5.41 Å². The number of nitrogens with two attached hydrogens (primary N) is 1. The van der Waals surface area contributed by atoms with Crippen LogP contribution in [0.5, 0.6) is 0 Å². The third-order valence-electron chi connectivity index (χ3n) is 2.97. The lowest BCUT2D eigenvalue weighted by atomic mass is 10.1. The van der Waals surface area contributed by atoms with Gasteiger partial charge in [0.25, 0.3) is 0 Å². The zero-order valence-corrected chi connectivity index (χ0v) is 10.5. The summed E-state index contributed by atoms with van der Waals surface area (Å²) >= 11 is 1.64. The molecule has 0 radical (unpaired) electrons. The van der Waals surface area contributed by atoms with Gasteiger partial charge in [0.15, 0.2) is 0 Å². The molecular weight excluding hydrogens is 218 g/mol. The fraction of sp³-hybridized carbons (Fsp3) is 0.417. The molecule has 0 heterocycles. The van der Waals surface area contributed by atoms with Gasteiger partial charge in [-0.15, -0.1) is 11.8 Å². The maximum absolute atomic E-state index is 7.71. The summed E-state index contributed by atoms with van der Waals surface area (Å²) in [5.74, 6) is 0.160. The van der Waals surface area contributed by atoms with E-state index in [1.807, 2.05) is 18.4 Å². The summed E-state index contributed by atoms with van der Waals surface area (Å²) in [6.45, 7) is 0. The van der Waals surface area contributed by atoms with Crippen LogP contribution >= 0.6 is 11.8 Å². The quantitative estimate of drug-likeness (QED) is 0.478. The Morgan fingerprint density at radius 2 is 2.19 bits per heavy atom. The van der Waals surface area contributed by atoms with Gasteiger partial charge < -0.3 is 10.6 Å². The Kier molecular flexibility index (Phi) is 3.10. The first-order valence-electron chi connectivity index (χ1n) is 5.39. The van der Waals surface area contributed by atoms with Crippen molar-refractivity contribution in [3.8, 4) is 0 Å². The first-order valence-corrected chi connectivity index (χ1v) is 6.62. The number of rotatable bonds is 4. The zero-order valence-electron chi connectivity index (χ0n) is 9.66. The van der Waals surface area contributed by atoms with Crippen LogP contribution in [0.3, 0.4) is 0 Å². The van der Waals surface area contributed by atoms with Crippen LogP contribution in [0.2, 0.25) is 0 Å². The van der Waals surface area contributed by atoms with E-state index in [0.29, 0.717) is 6.04 Å². The number of hydrogen-bond acceptors (Lipinski definition) is 3. The first-order chi connectivity index (χ1) is 7.65. The molecule has 0 saturated heterocycles. The lowest BCUT2D eigenvalue weighted by Crippen LogP contribution is -2.24. The second-order valence-electron chi connectivity index (χ2n) is 4.11. The predicted octanol–water partition coefficient (Wildman–Crippen LogP) is 2.29. The van der Waals surface area contributed by atoms with Crippen molar-refractivity contribution in [1.29, 1.82) is 5.41 Å². The van der Waals surface area contributed by atoms with E-state index in [-0.39, 0.29) is 5.84 Å². The summed E-state index contributed by atoms with van der Waals surface area (Å²) in [5.41, 5.74) is 7.66. The van der Waals surface area contributed by atoms with E-state index in [4.69, 9.17) is 11.1 Å². The molecular formula is C12H17N3S. The largest absolute Gasteiger partial charge is 0.384 e. The molecule has 2 rings (SSSR count). The molecule has 3 N–H and O–H groups in total. The van der Waals surface area contributed by atoms with Gasteiger partial charge in [0.2, 0.25) is 0 Å². The molecule has 1 aliphatic carbocycles. The van der Waals surface area contributed by atoms with E-state index in [9.17, 15) is 0 Å². The van der Waals surface area contributed by atoms with Gasteiger partial charge in [0, 0.05) is 23.7 Å². The normalized spacial score (nSPS) is 14.9. The first kappa shape index (κ1) is 11.3. The molecule has 0 unspecified atom stereocenters. The molecule has 0 spiro atoms. The summed E-state index contributed by atoms with van der Waals surface area (Å²) in [4.78, 5) is 3.33. The van der Waals surface area contributed by atoms with Crippen LogP contribution in [0, 0.1) is 5.41 Å². The van der Waals surface area contributed by atoms with Crippen molar-refractivity contribution in [2.24, 2.45) is 5.73 Å². The number of thioether (sulfide) groups is 1. The molecule has 1 saturated carbocycles. The molecule has 86 valence electrons. The fourth-order valence-corrected chi connectivity index (χ4v) is 2.55. The molecule has 1 fully saturated rings. The Bertz CT molecular complexity index is 413. The van der Waals surface area contributed by atoms with E-state index in [2.05, 4.69) is 18.0 Å². The van der Waals surface area contributed by atoms with E-state index >= 15 is 0 Å². The lowest BCUT2D eigenvalue weighted by Gasteiger charge is -2.23. The SMILES string of the molecule is CSc1cccc(N(C)C2CC2)c1C(=N)N. The molecule has 3 nitrogen and oxygen atoms in total. The van der Waals surface area contributed by atoms with Gasteiger partial charge in [0.1, 0.15) is 5.84 Å². The summed E-state index contributed by atoms with van der Waals surface area (Å²) in [6.07, 6.45) is 4.51. The van der Waals surface area contributed by atoms with Gasteiger partial charge in [-0.2, -0.15) is 0 Å². The number of anilines is 1. The molecule has 0 amide bonds. The van der Waals surface area contributed by atoms with Gasteiger partial charge in [-0.05, 0) is 31.2 Å². The van der Waals surface area contributed by atoms with Crippen molar-refractivity contribution in [2.75, 3.05) is 18.2 Å². The molecule has 4 heteroatoms. The Hall–Kier alpha value is -1.16. The van der Waals surface area contributed by atoms with E-state index in [0.717, 1.165) is 16.1 Å². The van der Waals surface area contributed by atoms with Crippen molar-refractivity contribution in [1.82, 2.24) is 0 Å². The second-order valence-corrected chi connectivity index (χ2v) is 4.96. The highest BCUT2D eigenvalue weighted by molar-refractivity contribution is 7.98. The summed E-state index contributed by atoms with van der Waals surface area (Å²) in [5, 5.41) is 7.71. The Morgan fingerprint density at radius 1 is 1.50 bits per heavy atom. The third-order valence-corrected chi connectivity index (χ3v) is 3.75.